The molecule has 2 aromatic carbocycles. The summed E-state index contributed by atoms with van der Waals surface area (Å²) in [5, 5.41) is 5.49. The SMILES string of the molecule is COc1cccc(C(=O)NCC2CC23CCN(CC2CCN(c4ccc(C5CCC(=O)NC5=O)cc4F)CC2)CC3)c1. The van der Waals surface area contributed by atoms with E-state index in [2.05, 4.69) is 20.4 Å². The fourth-order valence-corrected chi connectivity index (χ4v) is 7.33. The molecular weight excluding hydrogens is 535 g/mol. The third-order valence-corrected chi connectivity index (χ3v) is 10.1. The molecule has 1 saturated carbocycles. The van der Waals surface area contributed by atoms with E-state index in [1.54, 1.807) is 19.2 Å². The lowest BCUT2D eigenvalue weighted by Gasteiger charge is -2.39. The van der Waals surface area contributed by atoms with Crippen molar-refractivity contribution in [3.63, 3.8) is 0 Å². The van der Waals surface area contributed by atoms with Gasteiger partial charge in [-0.25, -0.2) is 4.39 Å². The molecule has 6 rings (SSSR count). The Labute approximate surface area is 247 Å². The highest BCUT2D eigenvalue weighted by Crippen LogP contribution is 2.59. The van der Waals surface area contributed by atoms with Crippen molar-refractivity contribution < 1.29 is 23.5 Å². The van der Waals surface area contributed by atoms with Gasteiger partial charge < -0.3 is 19.9 Å². The summed E-state index contributed by atoms with van der Waals surface area (Å²) < 4.78 is 20.3. The Kier molecular flexibility index (Phi) is 8.21. The summed E-state index contributed by atoms with van der Waals surface area (Å²) in [5.41, 5.74) is 2.26. The molecule has 4 fully saturated rings. The van der Waals surface area contributed by atoms with E-state index in [-0.39, 0.29) is 30.0 Å². The van der Waals surface area contributed by atoms with Crippen molar-refractivity contribution in [2.75, 3.05) is 51.3 Å². The first-order chi connectivity index (χ1) is 20.3. The largest absolute Gasteiger partial charge is 0.497 e. The molecule has 0 radical (unpaired) electrons. The van der Waals surface area contributed by atoms with Gasteiger partial charge in [-0.15, -0.1) is 0 Å². The first-order valence-electron chi connectivity index (χ1n) is 15.4. The minimum Gasteiger partial charge on any atom is -0.497 e. The molecule has 0 bridgehead atoms. The van der Waals surface area contributed by atoms with E-state index in [1.807, 2.05) is 24.3 Å². The molecule has 2 atom stereocenters. The molecule has 8 nitrogen and oxygen atoms in total. The average Bonchev–Trinajstić information content (AvgIpc) is 3.69. The lowest BCUT2D eigenvalue weighted by atomic mass is 9.88. The maximum absolute atomic E-state index is 15.1. The van der Waals surface area contributed by atoms with E-state index >= 15 is 4.39 Å². The standard InChI is InChI=1S/C33H41FN4O4/c1-42-26-4-2-3-24(17-26)31(40)35-20-25-19-33(25)11-15-37(16-12-33)21-22-9-13-38(14-10-22)29-7-5-23(18-28(29)34)27-6-8-30(39)36-32(27)41/h2-5,7,17-18,22,25,27H,6,8-16,19-21H2,1H3,(H,35,40)(H,36,39,41). The average molecular weight is 577 g/mol. The molecular formula is C33H41FN4O4. The second-order valence-electron chi connectivity index (χ2n) is 12.7. The zero-order valence-corrected chi connectivity index (χ0v) is 24.4. The summed E-state index contributed by atoms with van der Waals surface area (Å²) in [5.74, 6) is 0.466. The number of rotatable bonds is 8. The second-order valence-corrected chi connectivity index (χ2v) is 12.7. The number of carbonyl (C=O) groups excluding carboxylic acids is 3. The van der Waals surface area contributed by atoms with Crippen LogP contribution in [0.1, 0.15) is 66.8 Å². The highest BCUT2D eigenvalue weighted by atomic mass is 19.1. The van der Waals surface area contributed by atoms with Crippen LogP contribution < -0.4 is 20.3 Å². The van der Waals surface area contributed by atoms with Gasteiger partial charge in [0.2, 0.25) is 11.8 Å². The summed E-state index contributed by atoms with van der Waals surface area (Å²) >= 11 is 0. The normalized spacial score (nSPS) is 24.4. The van der Waals surface area contributed by atoms with Crippen molar-refractivity contribution in [2.24, 2.45) is 17.3 Å². The predicted molar refractivity (Wildman–Crippen MR) is 158 cm³/mol. The number of hydrogen-bond donors (Lipinski definition) is 2. The van der Waals surface area contributed by atoms with Crippen molar-refractivity contribution in [3.8, 4) is 5.75 Å². The van der Waals surface area contributed by atoms with Gasteiger partial charge in [0, 0.05) is 38.2 Å². The number of piperidine rings is 3. The summed E-state index contributed by atoms with van der Waals surface area (Å²) in [6.07, 6.45) is 6.37. The maximum atomic E-state index is 15.1. The van der Waals surface area contributed by atoms with Gasteiger partial charge >= 0.3 is 0 Å². The van der Waals surface area contributed by atoms with Gasteiger partial charge in [-0.05, 0) is 105 Å². The van der Waals surface area contributed by atoms with Crippen LogP contribution in [-0.4, -0.2) is 69.0 Å². The van der Waals surface area contributed by atoms with Gasteiger partial charge in [-0.1, -0.05) is 12.1 Å². The lowest BCUT2D eigenvalue weighted by Crippen LogP contribution is -2.42. The van der Waals surface area contributed by atoms with Crippen LogP contribution in [-0.2, 0) is 9.59 Å². The number of nitrogens with one attached hydrogen (secondary N) is 2. The Bertz CT molecular complexity index is 1330. The van der Waals surface area contributed by atoms with Gasteiger partial charge in [0.15, 0.2) is 0 Å². The zero-order valence-electron chi connectivity index (χ0n) is 24.4. The number of methoxy groups -OCH3 is 1. The van der Waals surface area contributed by atoms with Gasteiger partial charge in [0.05, 0.1) is 18.7 Å². The number of nitrogens with zero attached hydrogens (tertiary/aromatic N) is 2. The molecule has 4 aliphatic rings. The highest BCUT2D eigenvalue weighted by Gasteiger charge is 2.54. The minimum absolute atomic E-state index is 0.0372. The Morgan fingerprint density at radius 1 is 1.07 bits per heavy atom. The predicted octanol–water partition coefficient (Wildman–Crippen LogP) is 4.10. The van der Waals surface area contributed by atoms with Crippen LogP contribution in [0.25, 0.3) is 0 Å². The third-order valence-electron chi connectivity index (χ3n) is 10.1. The van der Waals surface area contributed by atoms with Crippen LogP contribution in [0.2, 0.25) is 0 Å². The van der Waals surface area contributed by atoms with E-state index in [0.717, 1.165) is 52.1 Å². The molecule has 2 aromatic rings. The van der Waals surface area contributed by atoms with Crippen LogP contribution in [0.3, 0.4) is 0 Å². The smallest absolute Gasteiger partial charge is 0.251 e. The number of likely N-dealkylation sites (tertiary alicyclic amines) is 1. The fraction of sp³-hybridized carbons (Fsp3) is 0.545. The van der Waals surface area contributed by atoms with Crippen molar-refractivity contribution in [1.29, 1.82) is 0 Å². The molecule has 0 aromatic heterocycles. The van der Waals surface area contributed by atoms with Crippen molar-refractivity contribution >= 4 is 23.4 Å². The van der Waals surface area contributed by atoms with Crippen LogP contribution >= 0.6 is 0 Å². The molecule has 3 saturated heterocycles. The third kappa shape index (κ3) is 6.16. The summed E-state index contributed by atoms with van der Waals surface area (Å²) in [6, 6.07) is 12.4. The van der Waals surface area contributed by atoms with E-state index in [9.17, 15) is 14.4 Å². The molecule has 224 valence electrons. The monoisotopic (exact) mass is 576 g/mol. The Balaban J connectivity index is 0.924. The van der Waals surface area contributed by atoms with Crippen LogP contribution in [0, 0.1) is 23.1 Å². The number of anilines is 1. The Hall–Kier alpha value is -3.46. The molecule has 1 aliphatic carbocycles. The molecule has 2 unspecified atom stereocenters. The topological polar surface area (TPSA) is 91.0 Å². The molecule has 1 spiro atoms. The van der Waals surface area contributed by atoms with Gasteiger partial charge in [0.1, 0.15) is 11.6 Å². The molecule has 3 aliphatic heterocycles. The van der Waals surface area contributed by atoms with E-state index in [4.69, 9.17) is 4.74 Å². The molecule has 3 amide bonds. The number of hydrogen-bond acceptors (Lipinski definition) is 6. The molecule has 2 N–H and O–H groups in total. The van der Waals surface area contributed by atoms with Crippen LogP contribution in [0.4, 0.5) is 10.1 Å². The molecule has 42 heavy (non-hydrogen) atoms. The number of halogens is 1. The van der Waals surface area contributed by atoms with Crippen LogP contribution in [0.15, 0.2) is 42.5 Å². The quantitative estimate of drug-likeness (QED) is 0.460. The van der Waals surface area contributed by atoms with Crippen LogP contribution in [0.5, 0.6) is 5.75 Å². The molecule has 3 heterocycles. The van der Waals surface area contributed by atoms with Crippen molar-refractivity contribution in [2.45, 2.75) is 50.9 Å². The highest BCUT2D eigenvalue weighted by molar-refractivity contribution is 6.01. The maximum Gasteiger partial charge on any atom is 0.251 e. The second kappa shape index (κ2) is 12.0. The summed E-state index contributed by atoms with van der Waals surface area (Å²) in [4.78, 5) is 41.0. The summed E-state index contributed by atoms with van der Waals surface area (Å²) in [6.45, 7) is 5.70. The Morgan fingerprint density at radius 2 is 1.86 bits per heavy atom. The van der Waals surface area contributed by atoms with Crippen molar-refractivity contribution in [1.82, 2.24) is 15.5 Å². The number of carbonyl (C=O) groups is 3. The fourth-order valence-electron chi connectivity index (χ4n) is 7.33. The number of amides is 3. The van der Waals surface area contributed by atoms with E-state index in [0.29, 0.717) is 46.2 Å². The van der Waals surface area contributed by atoms with Crippen molar-refractivity contribution in [3.05, 3.63) is 59.4 Å². The first-order valence-corrected chi connectivity index (χ1v) is 15.4. The number of ether oxygens (including phenoxy) is 1. The minimum atomic E-state index is -0.468. The number of benzene rings is 2. The summed E-state index contributed by atoms with van der Waals surface area (Å²) in [7, 11) is 1.61. The van der Waals surface area contributed by atoms with E-state index in [1.165, 1.54) is 25.3 Å². The lowest BCUT2D eigenvalue weighted by molar-refractivity contribution is -0.134. The molecule has 9 heteroatoms. The number of imide groups is 1. The Morgan fingerprint density at radius 3 is 2.57 bits per heavy atom. The van der Waals surface area contributed by atoms with Gasteiger partial charge in [-0.3, -0.25) is 19.7 Å². The first kappa shape index (κ1) is 28.6. The van der Waals surface area contributed by atoms with E-state index < -0.39 is 5.92 Å². The zero-order chi connectivity index (χ0) is 29.3. The van der Waals surface area contributed by atoms with Gasteiger partial charge in [-0.2, -0.15) is 0 Å². The van der Waals surface area contributed by atoms with Gasteiger partial charge in [0.25, 0.3) is 5.91 Å².